The van der Waals surface area contributed by atoms with Gasteiger partial charge in [0.2, 0.25) is 0 Å². The Bertz CT molecular complexity index is 869. The molecule has 3 rings (SSSR count). The number of rotatable bonds is 6. The van der Waals surface area contributed by atoms with Crippen molar-refractivity contribution in [1.82, 2.24) is 10.2 Å². The molecular formula is C15H15N3O3S2. The number of hydrogen-bond acceptors (Lipinski definition) is 5. The summed E-state index contributed by atoms with van der Waals surface area (Å²) in [6.45, 7) is 2.46. The number of thiophene rings is 1. The average molecular weight is 349 g/mol. The van der Waals surface area contributed by atoms with E-state index in [0.717, 1.165) is 10.6 Å². The predicted octanol–water partition coefficient (Wildman–Crippen LogP) is 3.34. The molecule has 8 heteroatoms. The lowest BCUT2D eigenvalue weighted by Crippen LogP contribution is -2.11. The molecule has 0 fully saturated rings. The van der Waals surface area contributed by atoms with Crippen molar-refractivity contribution in [3.05, 3.63) is 48.7 Å². The van der Waals surface area contributed by atoms with Gasteiger partial charge in [0.05, 0.1) is 17.2 Å². The summed E-state index contributed by atoms with van der Waals surface area (Å²) >= 11 is 1.18. The van der Waals surface area contributed by atoms with Crippen LogP contribution in [0.2, 0.25) is 0 Å². The number of ether oxygens (including phenoxy) is 1. The fraction of sp³-hybridized carbons (Fsp3) is 0.133. The van der Waals surface area contributed by atoms with Gasteiger partial charge in [-0.25, -0.2) is 8.42 Å². The highest BCUT2D eigenvalue weighted by atomic mass is 32.2. The lowest BCUT2D eigenvalue weighted by molar-refractivity contribution is 0.340. The lowest BCUT2D eigenvalue weighted by atomic mass is 10.3. The van der Waals surface area contributed by atoms with Crippen molar-refractivity contribution in [2.45, 2.75) is 11.1 Å². The highest BCUT2D eigenvalue weighted by Crippen LogP contribution is 2.30. The van der Waals surface area contributed by atoms with E-state index in [1.54, 1.807) is 48.7 Å². The maximum absolute atomic E-state index is 12.4. The molecule has 0 bridgehead atoms. The fourth-order valence-electron chi connectivity index (χ4n) is 1.99. The van der Waals surface area contributed by atoms with Crippen molar-refractivity contribution in [2.75, 3.05) is 11.3 Å². The SMILES string of the molecule is CCOc1ccc(NS(=O)(=O)c2ccc(-c3ccn[nH]3)s2)cc1. The molecule has 0 saturated carbocycles. The van der Waals surface area contributed by atoms with Crippen LogP contribution in [0.1, 0.15) is 6.92 Å². The molecule has 0 aliphatic rings. The molecule has 0 unspecified atom stereocenters. The molecule has 0 aliphatic heterocycles. The monoisotopic (exact) mass is 349 g/mol. The van der Waals surface area contributed by atoms with Crippen LogP contribution in [0.15, 0.2) is 52.9 Å². The highest BCUT2D eigenvalue weighted by molar-refractivity contribution is 7.94. The summed E-state index contributed by atoms with van der Waals surface area (Å²) in [5.41, 5.74) is 1.28. The Morgan fingerprint density at radius 2 is 1.96 bits per heavy atom. The van der Waals surface area contributed by atoms with Gasteiger partial charge in [0.1, 0.15) is 9.96 Å². The van der Waals surface area contributed by atoms with Gasteiger partial charge in [-0.05, 0) is 49.4 Å². The number of nitrogens with zero attached hydrogens (tertiary/aromatic N) is 1. The molecule has 2 heterocycles. The van der Waals surface area contributed by atoms with Gasteiger partial charge in [0, 0.05) is 11.9 Å². The first-order chi connectivity index (χ1) is 11.1. The Kier molecular flexibility index (Phi) is 4.35. The van der Waals surface area contributed by atoms with E-state index in [2.05, 4.69) is 14.9 Å². The van der Waals surface area contributed by atoms with Crippen molar-refractivity contribution in [2.24, 2.45) is 0 Å². The van der Waals surface area contributed by atoms with Crippen LogP contribution in [-0.2, 0) is 10.0 Å². The zero-order valence-corrected chi connectivity index (χ0v) is 13.9. The van der Waals surface area contributed by atoms with E-state index in [-0.39, 0.29) is 4.21 Å². The third kappa shape index (κ3) is 3.54. The molecule has 0 atom stereocenters. The molecule has 0 aliphatic carbocycles. The van der Waals surface area contributed by atoms with Gasteiger partial charge < -0.3 is 4.74 Å². The van der Waals surface area contributed by atoms with Crippen LogP contribution in [0.25, 0.3) is 10.6 Å². The number of sulfonamides is 1. The van der Waals surface area contributed by atoms with Crippen LogP contribution in [0, 0.1) is 0 Å². The molecule has 6 nitrogen and oxygen atoms in total. The molecule has 0 radical (unpaired) electrons. The van der Waals surface area contributed by atoms with E-state index in [9.17, 15) is 8.42 Å². The summed E-state index contributed by atoms with van der Waals surface area (Å²) in [5, 5.41) is 6.68. The Morgan fingerprint density at radius 1 is 1.17 bits per heavy atom. The van der Waals surface area contributed by atoms with E-state index >= 15 is 0 Å². The quantitative estimate of drug-likeness (QED) is 0.715. The minimum atomic E-state index is -3.62. The normalized spacial score (nSPS) is 11.3. The number of aromatic amines is 1. The van der Waals surface area contributed by atoms with Crippen LogP contribution < -0.4 is 9.46 Å². The molecule has 0 spiro atoms. The average Bonchev–Trinajstić information content (AvgIpc) is 3.20. The third-order valence-electron chi connectivity index (χ3n) is 3.03. The first-order valence-corrected chi connectivity index (χ1v) is 9.24. The van der Waals surface area contributed by atoms with Crippen LogP contribution in [0.3, 0.4) is 0 Å². The van der Waals surface area contributed by atoms with Gasteiger partial charge in [-0.15, -0.1) is 11.3 Å². The number of hydrogen-bond donors (Lipinski definition) is 2. The molecule has 23 heavy (non-hydrogen) atoms. The molecular weight excluding hydrogens is 334 g/mol. The molecule has 3 aromatic rings. The van der Waals surface area contributed by atoms with Crippen LogP contribution >= 0.6 is 11.3 Å². The van der Waals surface area contributed by atoms with E-state index in [0.29, 0.717) is 18.0 Å². The molecule has 2 N–H and O–H groups in total. The van der Waals surface area contributed by atoms with Crippen LogP contribution in [0.4, 0.5) is 5.69 Å². The molecule has 2 aromatic heterocycles. The van der Waals surface area contributed by atoms with Gasteiger partial charge in [0.25, 0.3) is 10.0 Å². The smallest absolute Gasteiger partial charge is 0.271 e. The molecule has 0 saturated heterocycles. The highest BCUT2D eigenvalue weighted by Gasteiger charge is 2.18. The molecule has 0 amide bonds. The first kappa shape index (κ1) is 15.6. The Balaban J connectivity index is 1.79. The lowest BCUT2D eigenvalue weighted by Gasteiger charge is -2.07. The summed E-state index contributed by atoms with van der Waals surface area (Å²) < 4.78 is 33.0. The Morgan fingerprint density at radius 3 is 2.61 bits per heavy atom. The van der Waals surface area contributed by atoms with E-state index in [4.69, 9.17) is 4.74 Å². The van der Waals surface area contributed by atoms with Gasteiger partial charge >= 0.3 is 0 Å². The first-order valence-electron chi connectivity index (χ1n) is 6.94. The van der Waals surface area contributed by atoms with Gasteiger partial charge in [-0.1, -0.05) is 0 Å². The van der Waals surface area contributed by atoms with Gasteiger partial charge in [0.15, 0.2) is 0 Å². The van der Waals surface area contributed by atoms with Crippen LogP contribution in [0.5, 0.6) is 5.75 Å². The Hall–Kier alpha value is -2.32. The van der Waals surface area contributed by atoms with Gasteiger partial charge in [-0.2, -0.15) is 5.10 Å². The number of anilines is 1. The largest absolute Gasteiger partial charge is 0.494 e. The second-order valence-corrected chi connectivity index (χ2v) is 7.64. The number of aromatic nitrogens is 2. The summed E-state index contributed by atoms with van der Waals surface area (Å²) in [6, 6.07) is 11.9. The zero-order chi connectivity index (χ0) is 16.3. The van der Waals surface area contributed by atoms with E-state index < -0.39 is 10.0 Å². The summed E-state index contributed by atoms with van der Waals surface area (Å²) in [6.07, 6.45) is 1.63. The summed E-state index contributed by atoms with van der Waals surface area (Å²) in [7, 11) is -3.62. The summed E-state index contributed by atoms with van der Waals surface area (Å²) in [4.78, 5) is 0.814. The fourth-order valence-corrected chi connectivity index (χ4v) is 4.33. The molecule has 120 valence electrons. The minimum absolute atomic E-state index is 0.246. The molecule has 1 aromatic carbocycles. The third-order valence-corrected chi connectivity index (χ3v) is 6.02. The predicted molar refractivity (Wildman–Crippen MR) is 90.3 cm³/mol. The standard InChI is InChI=1S/C15H15N3O3S2/c1-2-21-12-5-3-11(4-6-12)18-23(19,20)15-8-7-14(22-15)13-9-10-16-17-13/h3-10,18H,2H2,1H3,(H,16,17). The van der Waals surface area contributed by atoms with Crippen molar-refractivity contribution in [3.63, 3.8) is 0 Å². The van der Waals surface area contributed by atoms with Crippen molar-refractivity contribution >= 4 is 27.0 Å². The van der Waals surface area contributed by atoms with E-state index in [1.165, 1.54) is 11.3 Å². The van der Waals surface area contributed by atoms with Crippen molar-refractivity contribution in [1.29, 1.82) is 0 Å². The number of benzene rings is 1. The van der Waals surface area contributed by atoms with Crippen molar-refractivity contribution in [3.8, 4) is 16.3 Å². The minimum Gasteiger partial charge on any atom is -0.494 e. The van der Waals surface area contributed by atoms with Crippen molar-refractivity contribution < 1.29 is 13.2 Å². The second kappa shape index (κ2) is 6.43. The topological polar surface area (TPSA) is 84.1 Å². The van der Waals surface area contributed by atoms with E-state index in [1.807, 2.05) is 6.92 Å². The van der Waals surface area contributed by atoms with Gasteiger partial charge in [-0.3, -0.25) is 9.82 Å². The number of nitrogens with one attached hydrogen (secondary N) is 2. The maximum Gasteiger partial charge on any atom is 0.271 e. The summed E-state index contributed by atoms with van der Waals surface area (Å²) in [5.74, 6) is 0.702. The Labute approximate surface area is 138 Å². The maximum atomic E-state index is 12.4. The second-order valence-electron chi connectivity index (χ2n) is 4.65. The number of H-pyrrole nitrogens is 1. The zero-order valence-electron chi connectivity index (χ0n) is 12.3. The van der Waals surface area contributed by atoms with Crippen LogP contribution in [-0.4, -0.2) is 25.2 Å².